The molecule has 3 aliphatic heterocycles. The maximum Gasteiger partial charge on any atom is 0.407 e. The van der Waals surface area contributed by atoms with Crippen molar-refractivity contribution in [2.75, 3.05) is 27.3 Å². The van der Waals surface area contributed by atoms with Gasteiger partial charge in [0.15, 0.2) is 0 Å². The standard InChI is InChI=1S/C50H54F3N9O7S/c1-24(2)41(58-48(65)67-5)45(63)60-15-7-9-34(60)43-54-22-31(56-43)26-11-12-33-28(17-26)19-36-40-30(51)18-27(20-37(40)69-47(62(33)36)39-14-13-38(70-39)29-21-50(29,52)53)32-23-55-44(57-32)35-10-8-16-61(35)46(64)42(25(3)4)59-49(66)68-6/h11-14,17-20,22-25,29,34-35,41-42,47H,7-10,15-16,21H2,1-6H3,(H,54,56)(H,55,57)(H,58,65)(H,59,66)/t29?,34-,35-,41-,42-,47?/m0/s1. The average Bonchev–Trinajstić information content (AvgIpc) is 4.15. The van der Waals surface area contributed by atoms with Crippen molar-refractivity contribution in [2.24, 2.45) is 11.8 Å². The molecule has 3 fully saturated rings. The van der Waals surface area contributed by atoms with E-state index < -0.39 is 54.2 Å². The lowest BCUT2D eigenvalue weighted by molar-refractivity contribution is -0.136. The summed E-state index contributed by atoms with van der Waals surface area (Å²) in [6, 6.07) is 12.0. The molecule has 10 rings (SSSR count). The molecule has 1 aliphatic carbocycles. The molecular formula is C50H54F3N9O7S. The Morgan fingerprint density at radius 3 is 1.89 bits per heavy atom. The highest BCUT2D eigenvalue weighted by molar-refractivity contribution is 7.12. The number of aromatic amines is 2. The highest BCUT2D eigenvalue weighted by atomic mass is 32.1. The maximum atomic E-state index is 16.9. The number of alkyl carbamates (subject to hydrolysis) is 2. The number of hydrogen-bond acceptors (Lipinski definition) is 10. The quantitative estimate of drug-likeness (QED) is 0.0926. The summed E-state index contributed by atoms with van der Waals surface area (Å²) in [5.74, 6) is -3.67. The Labute approximate surface area is 405 Å². The summed E-state index contributed by atoms with van der Waals surface area (Å²) in [6.07, 6.45) is 3.69. The Hall–Kier alpha value is -6.83. The Morgan fingerprint density at radius 1 is 0.786 bits per heavy atom. The zero-order valence-corrected chi connectivity index (χ0v) is 40.3. The number of likely N-dealkylation sites (tertiary alicyclic amines) is 2. The van der Waals surface area contributed by atoms with Crippen molar-refractivity contribution < 1.29 is 46.6 Å². The molecule has 20 heteroatoms. The molecule has 2 aromatic carbocycles. The minimum atomic E-state index is -2.76. The van der Waals surface area contributed by atoms with Crippen molar-refractivity contribution in [1.29, 1.82) is 0 Å². The lowest BCUT2D eigenvalue weighted by Gasteiger charge is -2.30. The number of hydrogen-bond donors (Lipinski definition) is 4. The zero-order valence-electron chi connectivity index (χ0n) is 39.5. The van der Waals surface area contributed by atoms with Crippen LogP contribution in [0.15, 0.2) is 60.9 Å². The van der Waals surface area contributed by atoms with E-state index in [0.29, 0.717) is 70.0 Å². The van der Waals surface area contributed by atoms with Crippen molar-refractivity contribution in [3.05, 3.63) is 88.1 Å². The number of nitrogens with one attached hydrogen (secondary N) is 4. The van der Waals surface area contributed by atoms with E-state index in [-0.39, 0.29) is 47.4 Å². The predicted octanol–water partition coefficient (Wildman–Crippen LogP) is 9.44. The Kier molecular flexibility index (Phi) is 12.2. The van der Waals surface area contributed by atoms with Crippen LogP contribution in [-0.4, -0.2) is 104 Å². The number of ether oxygens (including phenoxy) is 3. The third-order valence-electron chi connectivity index (χ3n) is 14.0. The molecule has 4 aromatic heterocycles. The Morgan fingerprint density at radius 2 is 1.34 bits per heavy atom. The van der Waals surface area contributed by atoms with Crippen molar-refractivity contribution in [1.82, 2.24) is 44.9 Å². The van der Waals surface area contributed by atoms with Crippen LogP contribution in [0, 0.1) is 17.7 Å². The topological polar surface area (TPSA) is 189 Å². The van der Waals surface area contributed by atoms with Crippen LogP contribution < -0.4 is 15.4 Å². The minimum absolute atomic E-state index is 0.182. The second kappa shape index (κ2) is 18.2. The number of methoxy groups -OCH3 is 2. The summed E-state index contributed by atoms with van der Waals surface area (Å²) in [4.78, 5) is 72.7. The number of nitrogens with zero attached hydrogens (tertiary/aromatic N) is 5. The molecule has 6 aromatic rings. The lowest BCUT2D eigenvalue weighted by Crippen LogP contribution is -2.51. The highest BCUT2D eigenvalue weighted by Gasteiger charge is 2.58. The summed E-state index contributed by atoms with van der Waals surface area (Å²) >= 11 is 1.25. The second-order valence-corrected chi connectivity index (χ2v) is 20.3. The van der Waals surface area contributed by atoms with Gasteiger partial charge < -0.3 is 44.6 Å². The number of rotatable bonds is 12. The van der Waals surface area contributed by atoms with Gasteiger partial charge in [-0.15, -0.1) is 11.3 Å². The van der Waals surface area contributed by atoms with Gasteiger partial charge in [-0.2, -0.15) is 0 Å². The van der Waals surface area contributed by atoms with E-state index in [9.17, 15) is 28.0 Å². The van der Waals surface area contributed by atoms with E-state index in [1.807, 2.05) is 56.5 Å². The second-order valence-electron chi connectivity index (χ2n) is 19.2. The van der Waals surface area contributed by atoms with E-state index >= 15 is 4.39 Å². The molecule has 0 spiro atoms. The molecule has 4 aliphatic rings. The normalized spacial score (nSPS) is 21.1. The summed E-state index contributed by atoms with van der Waals surface area (Å²) in [7, 11) is 2.50. The smallest absolute Gasteiger partial charge is 0.407 e. The average molecular weight is 982 g/mol. The van der Waals surface area contributed by atoms with Gasteiger partial charge in [0.05, 0.1) is 77.7 Å². The van der Waals surface area contributed by atoms with Gasteiger partial charge in [-0.3, -0.25) is 14.2 Å². The predicted molar refractivity (Wildman–Crippen MR) is 254 cm³/mol. The number of amides is 4. The van der Waals surface area contributed by atoms with Crippen molar-refractivity contribution in [3.63, 3.8) is 0 Å². The third kappa shape index (κ3) is 8.42. The minimum Gasteiger partial charge on any atom is -0.464 e. The first-order valence-corrected chi connectivity index (χ1v) is 24.4. The number of imidazole rings is 2. The number of aromatic nitrogens is 5. The number of carbonyl (C=O) groups excluding carboxylic acids is 4. The molecular weight excluding hydrogens is 928 g/mol. The zero-order chi connectivity index (χ0) is 49.3. The van der Waals surface area contributed by atoms with Crippen LogP contribution in [0.5, 0.6) is 5.75 Å². The first-order valence-electron chi connectivity index (χ1n) is 23.6. The summed E-state index contributed by atoms with van der Waals surface area (Å²) in [5, 5.41) is 6.11. The van der Waals surface area contributed by atoms with Crippen LogP contribution in [-0.2, 0) is 19.1 Å². The van der Waals surface area contributed by atoms with Crippen molar-refractivity contribution in [2.45, 2.75) is 102 Å². The van der Waals surface area contributed by atoms with Crippen LogP contribution in [0.25, 0.3) is 44.7 Å². The van der Waals surface area contributed by atoms with E-state index in [2.05, 4.69) is 25.6 Å². The molecule has 368 valence electrons. The van der Waals surface area contributed by atoms with Crippen LogP contribution in [0.2, 0.25) is 0 Å². The fourth-order valence-electron chi connectivity index (χ4n) is 10.2. The summed E-state index contributed by atoms with van der Waals surface area (Å²) in [6.45, 7) is 8.39. The van der Waals surface area contributed by atoms with E-state index in [4.69, 9.17) is 19.2 Å². The molecule has 2 unspecified atom stereocenters. The molecule has 1 saturated carbocycles. The number of halogens is 3. The molecule has 0 bridgehead atoms. The molecule has 7 heterocycles. The number of alkyl halides is 2. The number of thiophene rings is 1. The van der Waals surface area contributed by atoms with Gasteiger partial charge in [-0.05, 0) is 80.0 Å². The van der Waals surface area contributed by atoms with E-state index in [1.54, 1.807) is 40.4 Å². The van der Waals surface area contributed by atoms with E-state index in [1.165, 1.54) is 31.6 Å². The molecule has 16 nitrogen and oxygen atoms in total. The fourth-order valence-corrected chi connectivity index (χ4v) is 11.4. The van der Waals surface area contributed by atoms with Gasteiger partial charge in [0.25, 0.3) is 5.92 Å². The van der Waals surface area contributed by atoms with Gasteiger partial charge in [-0.25, -0.2) is 32.7 Å². The molecule has 6 atom stereocenters. The van der Waals surface area contributed by atoms with Gasteiger partial charge in [0.1, 0.15) is 35.3 Å². The highest BCUT2D eigenvalue weighted by Crippen LogP contribution is 2.58. The Bertz CT molecular complexity index is 3020. The fraction of sp³-hybridized carbons (Fsp3) is 0.440. The van der Waals surface area contributed by atoms with Crippen LogP contribution in [0.1, 0.15) is 105 Å². The number of H-pyrrole nitrogens is 2. The monoisotopic (exact) mass is 981 g/mol. The first-order chi connectivity index (χ1) is 33.5. The lowest BCUT2D eigenvalue weighted by atomic mass is 10.0. The van der Waals surface area contributed by atoms with Crippen LogP contribution >= 0.6 is 11.3 Å². The van der Waals surface area contributed by atoms with Crippen LogP contribution in [0.3, 0.4) is 0 Å². The number of benzene rings is 2. The summed E-state index contributed by atoms with van der Waals surface area (Å²) < 4.78 is 63.8. The van der Waals surface area contributed by atoms with Gasteiger partial charge in [0.2, 0.25) is 18.0 Å². The molecule has 2 saturated heterocycles. The maximum absolute atomic E-state index is 16.9. The number of fused-ring (bicyclic) bond motifs is 5. The molecule has 0 radical (unpaired) electrons. The van der Waals surface area contributed by atoms with Gasteiger partial charge >= 0.3 is 12.2 Å². The molecule has 4 amide bonds. The summed E-state index contributed by atoms with van der Waals surface area (Å²) in [5.41, 5.74) is 3.92. The third-order valence-corrected chi connectivity index (χ3v) is 15.2. The van der Waals surface area contributed by atoms with Gasteiger partial charge in [-0.1, -0.05) is 33.8 Å². The molecule has 4 N–H and O–H groups in total. The SMILES string of the molecule is COC(=O)N[C@H](C(=O)N1CCC[C@H]1c1ncc(-c2cc(F)c3c(c2)OC(c2ccc(C4CC4(F)F)s2)n2c-3cc3cc(-c4cnc([C@@H]5CCCN5C(=O)[C@@H](NC(=O)OC)C(C)C)[nH]4)ccc32)[nH]1)C(C)C. The van der Waals surface area contributed by atoms with Crippen molar-refractivity contribution in [3.8, 4) is 39.5 Å². The largest absolute Gasteiger partial charge is 0.464 e. The Balaban J connectivity index is 0.974. The van der Waals surface area contributed by atoms with Crippen LogP contribution in [0.4, 0.5) is 22.8 Å². The first kappa shape index (κ1) is 46.9. The van der Waals surface area contributed by atoms with Crippen molar-refractivity contribution >= 4 is 46.2 Å². The number of carbonyl (C=O) groups is 4. The van der Waals surface area contributed by atoms with Gasteiger partial charge in [0, 0.05) is 40.9 Å². The van der Waals surface area contributed by atoms with E-state index in [0.717, 1.165) is 29.3 Å². The molecule has 70 heavy (non-hydrogen) atoms.